The van der Waals surface area contributed by atoms with Crippen LogP contribution in [0.2, 0.25) is 0 Å². The van der Waals surface area contributed by atoms with Crippen LogP contribution in [0.3, 0.4) is 0 Å². The van der Waals surface area contributed by atoms with Crippen molar-refractivity contribution >= 4 is 21.5 Å². The molecule has 2 unspecified atom stereocenters. The van der Waals surface area contributed by atoms with Crippen LogP contribution in [0.4, 0.5) is 0 Å². The predicted octanol–water partition coefficient (Wildman–Crippen LogP) is 1.72. The van der Waals surface area contributed by atoms with E-state index >= 15 is 0 Å². The molecule has 20 heavy (non-hydrogen) atoms. The van der Waals surface area contributed by atoms with Gasteiger partial charge in [-0.2, -0.15) is 17.4 Å². The van der Waals surface area contributed by atoms with Gasteiger partial charge in [-0.15, -0.1) is 11.3 Å². The quantitative estimate of drug-likeness (QED) is 0.840. The van der Waals surface area contributed by atoms with Gasteiger partial charge in [0.15, 0.2) is 0 Å². The summed E-state index contributed by atoms with van der Waals surface area (Å²) in [5.74, 6) is 0. The normalized spacial score (nSPS) is 22.8. The van der Waals surface area contributed by atoms with Crippen molar-refractivity contribution in [1.29, 1.82) is 0 Å². The predicted molar refractivity (Wildman–Crippen MR) is 83.1 cm³/mol. The molecule has 2 atom stereocenters. The first-order valence-corrected chi connectivity index (χ1v) is 9.33. The molecule has 1 fully saturated rings. The van der Waals surface area contributed by atoms with E-state index in [1.807, 2.05) is 31.5 Å². The van der Waals surface area contributed by atoms with Gasteiger partial charge in [0.2, 0.25) is 0 Å². The number of thiophene rings is 1. The average molecular weight is 317 g/mol. The zero-order valence-electron chi connectivity index (χ0n) is 12.0. The number of piperidine rings is 1. The highest BCUT2D eigenvalue weighted by Crippen LogP contribution is 2.23. The lowest BCUT2D eigenvalue weighted by Crippen LogP contribution is -2.52. The zero-order valence-corrected chi connectivity index (χ0v) is 13.6. The lowest BCUT2D eigenvalue weighted by molar-refractivity contribution is 0.245. The number of hydrogen-bond acceptors (Lipinski definition) is 4. The van der Waals surface area contributed by atoms with Crippen LogP contribution in [0.15, 0.2) is 17.5 Å². The summed E-state index contributed by atoms with van der Waals surface area (Å²) in [7, 11) is -1.57. The Labute approximate surface area is 125 Å². The standard InChI is InChI=1S/C13H23N3O2S2/c1-11(13-7-5-9-19-13)15-20(17,18)16-8-4-3-6-12(16)10-14-2/h5,7,9,11-12,14-15H,3-4,6,8,10H2,1-2H3. The number of hydrogen-bond donors (Lipinski definition) is 2. The highest BCUT2D eigenvalue weighted by atomic mass is 32.2. The van der Waals surface area contributed by atoms with Crippen molar-refractivity contribution in [1.82, 2.24) is 14.3 Å². The van der Waals surface area contributed by atoms with Crippen LogP contribution in [-0.2, 0) is 10.2 Å². The molecule has 114 valence electrons. The van der Waals surface area contributed by atoms with Gasteiger partial charge in [-0.1, -0.05) is 12.5 Å². The van der Waals surface area contributed by atoms with E-state index in [1.54, 1.807) is 15.6 Å². The molecule has 0 saturated carbocycles. The van der Waals surface area contributed by atoms with Crippen LogP contribution in [0.25, 0.3) is 0 Å². The summed E-state index contributed by atoms with van der Waals surface area (Å²) in [6, 6.07) is 3.77. The summed E-state index contributed by atoms with van der Waals surface area (Å²) in [6.45, 7) is 3.20. The van der Waals surface area contributed by atoms with E-state index < -0.39 is 10.2 Å². The second kappa shape index (κ2) is 7.00. The molecule has 2 heterocycles. The SMILES string of the molecule is CNCC1CCCCN1S(=O)(=O)NC(C)c1cccs1. The van der Waals surface area contributed by atoms with Gasteiger partial charge in [-0.25, -0.2) is 0 Å². The van der Waals surface area contributed by atoms with Gasteiger partial charge in [0, 0.05) is 24.0 Å². The Hall–Kier alpha value is -0.470. The third kappa shape index (κ3) is 3.79. The van der Waals surface area contributed by atoms with Gasteiger partial charge in [0.05, 0.1) is 6.04 Å². The summed E-state index contributed by atoms with van der Waals surface area (Å²) in [4.78, 5) is 1.04. The van der Waals surface area contributed by atoms with Crippen molar-refractivity contribution < 1.29 is 8.42 Å². The highest BCUT2D eigenvalue weighted by Gasteiger charge is 2.32. The molecule has 0 spiro atoms. The van der Waals surface area contributed by atoms with Gasteiger partial charge >= 0.3 is 0 Å². The summed E-state index contributed by atoms with van der Waals surface area (Å²) in [6.07, 6.45) is 2.96. The molecular weight excluding hydrogens is 294 g/mol. The van der Waals surface area contributed by atoms with Crippen molar-refractivity contribution in [3.63, 3.8) is 0 Å². The maximum atomic E-state index is 12.6. The van der Waals surface area contributed by atoms with Crippen molar-refractivity contribution in [2.45, 2.75) is 38.3 Å². The van der Waals surface area contributed by atoms with E-state index in [4.69, 9.17) is 0 Å². The third-order valence-electron chi connectivity index (χ3n) is 3.62. The molecule has 2 rings (SSSR count). The lowest BCUT2D eigenvalue weighted by Gasteiger charge is -2.35. The minimum absolute atomic E-state index is 0.0572. The molecule has 7 heteroatoms. The first-order chi connectivity index (χ1) is 9.54. The van der Waals surface area contributed by atoms with Crippen LogP contribution in [0, 0.1) is 0 Å². The summed E-state index contributed by atoms with van der Waals surface area (Å²) in [5.41, 5.74) is 0. The van der Waals surface area contributed by atoms with Gasteiger partial charge in [0.25, 0.3) is 10.2 Å². The fourth-order valence-electron chi connectivity index (χ4n) is 2.62. The molecule has 2 N–H and O–H groups in total. The molecule has 0 bridgehead atoms. The average Bonchev–Trinajstić information content (AvgIpc) is 2.93. The van der Waals surface area contributed by atoms with Crippen LogP contribution in [0.1, 0.15) is 37.1 Å². The van der Waals surface area contributed by atoms with Crippen molar-refractivity contribution in [3.8, 4) is 0 Å². The maximum absolute atomic E-state index is 12.6. The van der Waals surface area contributed by atoms with E-state index in [1.165, 1.54) is 0 Å². The second-order valence-electron chi connectivity index (χ2n) is 5.18. The Morgan fingerprint density at radius 2 is 2.30 bits per heavy atom. The first kappa shape index (κ1) is 15.9. The van der Waals surface area contributed by atoms with E-state index in [2.05, 4.69) is 10.0 Å². The largest absolute Gasteiger partial charge is 0.318 e. The third-order valence-corrected chi connectivity index (χ3v) is 6.42. The monoisotopic (exact) mass is 317 g/mol. The van der Waals surface area contributed by atoms with Crippen LogP contribution < -0.4 is 10.0 Å². The first-order valence-electron chi connectivity index (χ1n) is 7.01. The van der Waals surface area contributed by atoms with E-state index in [-0.39, 0.29) is 12.1 Å². The Morgan fingerprint density at radius 3 is 2.95 bits per heavy atom. The molecule has 0 aliphatic carbocycles. The zero-order chi connectivity index (χ0) is 14.6. The molecule has 1 aromatic heterocycles. The van der Waals surface area contributed by atoms with E-state index in [0.717, 1.165) is 24.1 Å². The summed E-state index contributed by atoms with van der Waals surface area (Å²) < 4.78 is 29.6. The molecule has 0 radical (unpaired) electrons. The molecule has 1 aliphatic rings. The molecule has 1 aliphatic heterocycles. The molecule has 0 amide bonds. The van der Waals surface area contributed by atoms with Crippen molar-refractivity contribution in [2.75, 3.05) is 20.1 Å². The fourth-order valence-corrected chi connectivity index (χ4v) is 5.08. The molecule has 1 saturated heterocycles. The fraction of sp³-hybridized carbons (Fsp3) is 0.692. The Balaban J connectivity index is 2.08. The van der Waals surface area contributed by atoms with Crippen LogP contribution >= 0.6 is 11.3 Å². The Kier molecular flexibility index (Phi) is 5.57. The molecule has 0 aromatic carbocycles. The van der Waals surface area contributed by atoms with Crippen molar-refractivity contribution in [3.05, 3.63) is 22.4 Å². The topological polar surface area (TPSA) is 61.4 Å². The summed E-state index contributed by atoms with van der Waals surface area (Å²) in [5, 5.41) is 5.05. The second-order valence-corrected chi connectivity index (χ2v) is 7.81. The van der Waals surface area contributed by atoms with Gasteiger partial charge in [-0.3, -0.25) is 0 Å². The lowest BCUT2D eigenvalue weighted by atomic mass is 10.1. The summed E-state index contributed by atoms with van der Waals surface area (Å²) >= 11 is 1.57. The number of nitrogens with one attached hydrogen (secondary N) is 2. The number of rotatable bonds is 6. The Bertz CT molecular complexity index is 500. The number of nitrogens with zero attached hydrogens (tertiary/aromatic N) is 1. The maximum Gasteiger partial charge on any atom is 0.280 e. The smallest absolute Gasteiger partial charge is 0.280 e. The van der Waals surface area contributed by atoms with Crippen molar-refractivity contribution in [2.24, 2.45) is 0 Å². The van der Waals surface area contributed by atoms with Crippen LogP contribution in [-0.4, -0.2) is 38.9 Å². The molecule has 1 aromatic rings. The minimum atomic E-state index is -3.43. The molecular formula is C13H23N3O2S2. The van der Waals surface area contributed by atoms with Gasteiger partial charge in [0.1, 0.15) is 0 Å². The van der Waals surface area contributed by atoms with Gasteiger partial charge < -0.3 is 5.32 Å². The van der Waals surface area contributed by atoms with Crippen LogP contribution in [0.5, 0.6) is 0 Å². The Morgan fingerprint density at radius 1 is 1.50 bits per heavy atom. The highest BCUT2D eigenvalue weighted by molar-refractivity contribution is 7.87. The van der Waals surface area contributed by atoms with E-state index in [9.17, 15) is 8.42 Å². The van der Waals surface area contributed by atoms with E-state index in [0.29, 0.717) is 13.1 Å². The minimum Gasteiger partial charge on any atom is -0.318 e. The number of likely N-dealkylation sites (N-methyl/N-ethyl adjacent to an activating group) is 1. The van der Waals surface area contributed by atoms with Gasteiger partial charge in [-0.05, 0) is 38.3 Å². The molecule has 5 nitrogen and oxygen atoms in total.